The molecule has 0 aromatic heterocycles. The number of aliphatic imine (C=N–C) groups is 1. The fraction of sp³-hybridized carbons (Fsp3) is 0.500. The normalized spacial score (nSPS) is 21.5. The van der Waals surface area contributed by atoms with Crippen LogP contribution in [0.3, 0.4) is 0 Å². The second-order valence-electron chi connectivity index (χ2n) is 7.14. The van der Waals surface area contributed by atoms with Crippen molar-refractivity contribution < 1.29 is 24.2 Å². The summed E-state index contributed by atoms with van der Waals surface area (Å²) in [6.45, 7) is 4.17. The van der Waals surface area contributed by atoms with Crippen LogP contribution in [0.15, 0.2) is 34.5 Å². The topological polar surface area (TPSA) is 85.2 Å². The average Bonchev–Trinajstić information content (AvgIpc) is 2.70. The molecule has 0 amide bonds. The van der Waals surface area contributed by atoms with E-state index in [4.69, 9.17) is 9.47 Å². The van der Waals surface area contributed by atoms with Gasteiger partial charge in [0.25, 0.3) is 0 Å². The maximum atomic E-state index is 13.0. The highest BCUT2D eigenvalue weighted by Crippen LogP contribution is 2.44. The minimum absolute atomic E-state index is 0.0114. The molecule has 6 nitrogen and oxygen atoms in total. The van der Waals surface area contributed by atoms with E-state index in [1.807, 2.05) is 0 Å². The molecule has 2 atom stereocenters. The lowest BCUT2D eigenvalue weighted by Crippen LogP contribution is -2.39. The molecule has 156 valence electrons. The van der Waals surface area contributed by atoms with Crippen molar-refractivity contribution in [3.05, 3.63) is 35.0 Å². The van der Waals surface area contributed by atoms with Crippen LogP contribution < -0.4 is 4.74 Å². The number of fused-ring (bicyclic) bond motifs is 1. The fourth-order valence-corrected chi connectivity index (χ4v) is 4.54. The van der Waals surface area contributed by atoms with E-state index in [9.17, 15) is 14.7 Å². The molecule has 1 aromatic carbocycles. The van der Waals surface area contributed by atoms with E-state index in [0.29, 0.717) is 30.0 Å². The molecule has 1 aromatic rings. The van der Waals surface area contributed by atoms with Crippen molar-refractivity contribution in [1.29, 1.82) is 0 Å². The molecular weight excluding hydrogens is 390 g/mol. The van der Waals surface area contributed by atoms with E-state index in [1.165, 1.54) is 13.2 Å². The number of methoxy groups -OCH3 is 1. The second-order valence-corrected chi connectivity index (χ2v) is 8.54. The summed E-state index contributed by atoms with van der Waals surface area (Å²) >= 11 is 1.70. The Morgan fingerprint density at radius 3 is 2.83 bits per heavy atom. The van der Waals surface area contributed by atoms with E-state index >= 15 is 0 Å². The van der Waals surface area contributed by atoms with Crippen molar-refractivity contribution in [3.63, 3.8) is 0 Å². The number of ketones is 1. The van der Waals surface area contributed by atoms with Gasteiger partial charge in [-0.2, -0.15) is 11.8 Å². The van der Waals surface area contributed by atoms with Crippen LogP contribution in [0.2, 0.25) is 0 Å². The summed E-state index contributed by atoms with van der Waals surface area (Å²) in [4.78, 5) is 30.5. The molecule has 0 bridgehead atoms. The van der Waals surface area contributed by atoms with Gasteiger partial charge in [-0.3, -0.25) is 9.79 Å². The maximum Gasteiger partial charge on any atom is 0.336 e. The molecule has 1 saturated carbocycles. The van der Waals surface area contributed by atoms with Gasteiger partial charge >= 0.3 is 5.97 Å². The minimum atomic E-state index is -0.490. The number of esters is 1. The number of ether oxygens (including phenoxy) is 2. The quantitative estimate of drug-likeness (QED) is 0.535. The van der Waals surface area contributed by atoms with Gasteiger partial charge < -0.3 is 14.6 Å². The molecule has 0 radical (unpaired) electrons. The third-order valence-electron chi connectivity index (χ3n) is 5.36. The number of allylic oxidation sites excluding steroid dienone is 1. The lowest BCUT2D eigenvalue weighted by atomic mass is 9.69. The number of Topliss-reactive ketones (excluding diaryl/α,β-unsaturated/α-hetero) is 1. The Balaban J connectivity index is 2.03. The van der Waals surface area contributed by atoms with Crippen molar-refractivity contribution in [2.24, 2.45) is 10.9 Å². The second kappa shape index (κ2) is 9.48. The number of rotatable bonds is 7. The molecule has 1 fully saturated rings. The summed E-state index contributed by atoms with van der Waals surface area (Å²) in [5, 5.41) is 9.99. The van der Waals surface area contributed by atoms with Gasteiger partial charge in [-0.25, -0.2) is 4.79 Å². The van der Waals surface area contributed by atoms with Crippen molar-refractivity contribution >= 4 is 29.2 Å². The summed E-state index contributed by atoms with van der Waals surface area (Å²) in [5.41, 5.74) is 2.58. The first-order valence-corrected chi connectivity index (χ1v) is 11.1. The Morgan fingerprint density at radius 2 is 2.10 bits per heavy atom. The molecule has 1 heterocycles. The Labute approximate surface area is 175 Å². The molecule has 0 spiro atoms. The third-order valence-corrected chi connectivity index (χ3v) is 6.22. The number of hydrogen-bond donors (Lipinski definition) is 1. The van der Waals surface area contributed by atoms with Crippen LogP contribution in [0.25, 0.3) is 0 Å². The minimum Gasteiger partial charge on any atom is -0.504 e. The molecule has 0 saturated heterocycles. The monoisotopic (exact) mass is 417 g/mol. The van der Waals surface area contributed by atoms with Gasteiger partial charge in [0.05, 0.1) is 18.6 Å². The lowest BCUT2D eigenvalue weighted by molar-refractivity contribution is -0.139. The number of thioether (sulfide) groups is 1. The first-order chi connectivity index (χ1) is 14.0. The Morgan fingerprint density at radius 1 is 1.31 bits per heavy atom. The zero-order valence-electron chi connectivity index (χ0n) is 17.1. The number of phenolic OH excluding ortho intramolecular Hbond substituents is 1. The summed E-state index contributed by atoms with van der Waals surface area (Å²) in [5.74, 6) is 0.689. The highest BCUT2D eigenvalue weighted by molar-refractivity contribution is 7.99. The Kier molecular flexibility index (Phi) is 7.00. The maximum absolute atomic E-state index is 13.0. The van der Waals surface area contributed by atoms with Crippen molar-refractivity contribution in [2.75, 3.05) is 25.2 Å². The predicted molar refractivity (Wildman–Crippen MR) is 114 cm³/mol. The molecule has 3 rings (SSSR count). The number of phenols is 1. The number of hydrogen-bond acceptors (Lipinski definition) is 7. The molecule has 2 aliphatic rings. The highest BCUT2D eigenvalue weighted by Gasteiger charge is 2.43. The molecule has 1 N–H and O–H groups in total. The Hall–Kier alpha value is -2.28. The van der Waals surface area contributed by atoms with Gasteiger partial charge in [0.2, 0.25) is 0 Å². The van der Waals surface area contributed by atoms with Crippen LogP contribution in [-0.4, -0.2) is 47.8 Å². The van der Waals surface area contributed by atoms with Gasteiger partial charge in [-0.1, -0.05) is 13.0 Å². The van der Waals surface area contributed by atoms with Crippen molar-refractivity contribution in [3.8, 4) is 11.5 Å². The molecule has 0 unspecified atom stereocenters. The molecular formula is C22H27NO5S. The van der Waals surface area contributed by atoms with Crippen LogP contribution in [0.5, 0.6) is 11.5 Å². The van der Waals surface area contributed by atoms with Crippen LogP contribution in [0, 0.1) is 5.92 Å². The summed E-state index contributed by atoms with van der Waals surface area (Å²) in [6, 6.07) is 4.96. The number of benzene rings is 1. The van der Waals surface area contributed by atoms with Gasteiger partial charge in [0.15, 0.2) is 11.5 Å². The van der Waals surface area contributed by atoms with E-state index in [-0.39, 0.29) is 11.5 Å². The van der Waals surface area contributed by atoms with Crippen LogP contribution in [0.4, 0.5) is 0 Å². The zero-order valence-corrected chi connectivity index (χ0v) is 17.9. The van der Waals surface area contributed by atoms with Crippen molar-refractivity contribution in [2.45, 2.75) is 39.0 Å². The summed E-state index contributed by atoms with van der Waals surface area (Å²) < 4.78 is 10.8. The standard InChI is InChI=1S/C22H27NO5S/c1-4-29-11-10-28-22(26)19-13(2)23-15-6-5-7-17(25)21(15)20(19)14-8-9-16(24)18(12-14)27-3/h8-9,12,20-21,24H,4-7,10-11H2,1-3H3/t20-,21+/m1/s1. The van der Waals surface area contributed by atoms with Gasteiger partial charge in [-0.15, -0.1) is 0 Å². The first kappa shape index (κ1) is 21.4. The van der Waals surface area contributed by atoms with E-state index < -0.39 is 17.8 Å². The Bertz CT molecular complexity index is 861. The SMILES string of the molecule is CCSCCOC(=O)C1=C(C)N=C2CCCC(=O)[C@H]2[C@@H]1c1ccc(O)c(OC)c1. The molecule has 1 aliphatic heterocycles. The van der Waals surface area contributed by atoms with Gasteiger partial charge in [0, 0.05) is 29.5 Å². The average molecular weight is 418 g/mol. The van der Waals surface area contributed by atoms with E-state index in [0.717, 1.165) is 35.6 Å². The van der Waals surface area contributed by atoms with Gasteiger partial charge in [0.1, 0.15) is 12.4 Å². The van der Waals surface area contributed by atoms with E-state index in [1.54, 1.807) is 30.8 Å². The first-order valence-electron chi connectivity index (χ1n) is 9.90. The zero-order chi connectivity index (χ0) is 21.0. The third kappa shape index (κ3) is 4.50. The number of aromatic hydroxyl groups is 1. The van der Waals surface area contributed by atoms with Crippen LogP contribution >= 0.6 is 11.8 Å². The van der Waals surface area contributed by atoms with Crippen LogP contribution in [0.1, 0.15) is 44.6 Å². The molecule has 7 heteroatoms. The smallest absolute Gasteiger partial charge is 0.336 e. The predicted octanol–water partition coefficient (Wildman–Crippen LogP) is 3.88. The number of carbonyl (C=O) groups excluding carboxylic acids is 2. The summed E-state index contributed by atoms with van der Waals surface area (Å²) in [6.07, 6.45) is 2.00. The lowest BCUT2D eigenvalue weighted by Gasteiger charge is -2.35. The highest BCUT2D eigenvalue weighted by atomic mass is 32.2. The van der Waals surface area contributed by atoms with Crippen molar-refractivity contribution in [1.82, 2.24) is 0 Å². The molecule has 29 heavy (non-hydrogen) atoms. The van der Waals surface area contributed by atoms with E-state index in [2.05, 4.69) is 11.9 Å². The van der Waals surface area contributed by atoms with Gasteiger partial charge in [-0.05, 0) is 43.2 Å². The number of nitrogens with zero attached hydrogens (tertiary/aromatic N) is 1. The summed E-state index contributed by atoms with van der Waals surface area (Å²) in [7, 11) is 1.47. The number of carbonyl (C=O) groups is 2. The van der Waals surface area contributed by atoms with Crippen LogP contribution in [-0.2, 0) is 14.3 Å². The largest absolute Gasteiger partial charge is 0.504 e. The molecule has 1 aliphatic carbocycles. The fourth-order valence-electron chi connectivity index (χ4n) is 4.05.